The molecular formula is C15H26ClN3. The van der Waals surface area contributed by atoms with E-state index in [0.717, 1.165) is 11.6 Å². The summed E-state index contributed by atoms with van der Waals surface area (Å²) in [7, 11) is 0. The largest absolute Gasteiger partial charge is 0.308 e. The molecule has 1 heterocycles. The van der Waals surface area contributed by atoms with Crippen molar-refractivity contribution < 1.29 is 0 Å². The Morgan fingerprint density at radius 1 is 1.05 bits per heavy atom. The van der Waals surface area contributed by atoms with Gasteiger partial charge in [0, 0.05) is 11.5 Å². The highest BCUT2D eigenvalue weighted by molar-refractivity contribution is 6.16. The zero-order valence-electron chi connectivity index (χ0n) is 12.5. The van der Waals surface area contributed by atoms with Crippen molar-refractivity contribution in [2.24, 2.45) is 0 Å². The fourth-order valence-electron chi connectivity index (χ4n) is 3.13. The van der Waals surface area contributed by atoms with Gasteiger partial charge < -0.3 is 4.57 Å². The van der Waals surface area contributed by atoms with Gasteiger partial charge in [-0.3, -0.25) is 0 Å². The van der Waals surface area contributed by atoms with Crippen LogP contribution in [0.25, 0.3) is 0 Å². The maximum absolute atomic E-state index is 6.03. The predicted octanol–water partition coefficient (Wildman–Crippen LogP) is 4.60. The summed E-state index contributed by atoms with van der Waals surface area (Å²) in [6.07, 6.45) is 9.25. The lowest BCUT2D eigenvalue weighted by Crippen LogP contribution is -2.27. The monoisotopic (exact) mass is 283 g/mol. The maximum Gasteiger partial charge on any atom is 0.148 e. The van der Waals surface area contributed by atoms with Crippen molar-refractivity contribution in [3.8, 4) is 0 Å². The summed E-state index contributed by atoms with van der Waals surface area (Å²) in [5.41, 5.74) is 0.00538. The number of hydrogen-bond donors (Lipinski definition) is 0. The third kappa shape index (κ3) is 3.50. The van der Waals surface area contributed by atoms with E-state index in [-0.39, 0.29) is 5.54 Å². The third-order valence-corrected chi connectivity index (χ3v) is 4.25. The van der Waals surface area contributed by atoms with Gasteiger partial charge in [-0.1, -0.05) is 32.1 Å². The van der Waals surface area contributed by atoms with E-state index in [9.17, 15) is 0 Å². The van der Waals surface area contributed by atoms with Crippen molar-refractivity contribution in [3.63, 3.8) is 0 Å². The van der Waals surface area contributed by atoms with Crippen LogP contribution >= 0.6 is 11.6 Å². The Bertz CT molecular complexity index is 398. The van der Waals surface area contributed by atoms with E-state index in [2.05, 4.69) is 35.5 Å². The van der Waals surface area contributed by atoms with Gasteiger partial charge in [0.1, 0.15) is 11.6 Å². The van der Waals surface area contributed by atoms with E-state index in [1.807, 2.05) is 0 Å². The van der Waals surface area contributed by atoms with Crippen LogP contribution in [0, 0.1) is 0 Å². The zero-order valence-corrected chi connectivity index (χ0v) is 13.2. The molecule has 0 bridgehead atoms. The first-order chi connectivity index (χ1) is 9.04. The standard InChI is InChI=1S/C15H26ClN3/c1-15(2,3)19-13(11-16)17-18-14(19)12-9-7-5-4-6-8-10-12/h12H,4-11H2,1-3H3. The maximum atomic E-state index is 6.03. The quantitative estimate of drug-likeness (QED) is 0.743. The predicted molar refractivity (Wildman–Crippen MR) is 79.6 cm³/mol. The second-order valence-corrected chi connectivity index (χ2v) is 6.92. The van der Waals surface area contributed by atoms with Gasteiger partial charge in [0.05, 0.1) is 5.88 Å². The molecule has 0 unspecified atom stereocenters. The lowest BCUT2D eigenvalue weighted by Gasteiger charge is -2.28. The number of halogens is 1. The van der Waals surface area contributed by atoms with Crippen LogP contribution in [0.4, 0.5) is 0 Å². The van der Waals surface area contributed by atoms with E-state index >= 15 is 0 Å². The second-order valence-electron chi connectivity index (χ2n) is 6.66. The van der Waals surface area contributed by atoms with E-state index in [0.29, 0.717) is 11.8 Å². The van der Waals surface area contributed by atoms with Gasteiger partial charge in [-0.15, -0.1) is 21.8 Å². The molecule has 0 saturated heterocycles. The topological polar surface area (TPSA) is 30.7 Å². The minimum Gasteiger partial charge on any atom is -0.308 e. The SMILES string of the molecule is CC(C)(C)n1c(CCl)nnc1C1CCCCCCC1. The molecule has 4 heteroatoms. The minimum absolute atomic E-state index is 0.00538. The Morgan fingerprint density at radius 2 is 1.63 bits per heavy atom. The van der Waals surface area contributed by atoms with Gasteiger partial charge in [-0.05, 0) is 33.6 Å². The highest BCUT2D eigenvalue weighted by atomic mass is 35.5. The van der Waals surface area contributed by atoms with Gasteiger partial charge in [0.25, 0.3) is 0 Å². The summed E-state index contributed by atoms with van der Waals surface area (Å²) in [5.74, 6) is 3.07. The Morgan fingerprint density at radius 3 is 2.16 bits per heavy atom. The van der Waals surface area contributed by atoms with Crippen molar-refractivity contribution in [1.29, 1.82) is 0 Å². The van der Waals surface area contributed by atoms with Crippen LogP contribution in [0.3, 0.4) is 0 Å². The molecule has 1 saturated carbocycles. The normalized spacial score (nSPS) is 19.2. The summed E-state index contributed by atoms with van der Waals surface area (Å²) in [6, 6.07) is 0. The molecule has 1 aliphatic rings. The highest BCUT2D eigenvalue weighted by Crippen LogP contribution is 2.33. The van der Waals surface area contributed by atoms with E-state index in [4.69, 9.17) is 11.6 Å². The molecule has 1 aromatic rings. The Labute approximate surface area is 121 Å². The molecule has 3 nitrogen and oxygen atoms in total. The summed E-state index contributed by atoms with van der Waals surface area (Å²) < 4.78 is 2.27. The van der Waals surface area contributed by atoms with Gasteiger partial charge in [0.15, 0.2) is 0 Å². The molecule has 0 amide bonds. The smallest absolute Gasteiger partial charge is 0.148 e. The van der Waals surface area contributed by atoms with E-state index in [1.54, 1.807) is 0 Å². The first-order valence-electron chi connectivity index (χ1n) is 7.54. The number of aromatic nitrogens is 3. The molecule has 0 N–H and O–H groups in total. The van der Waals surface area contributed by atoms with Crippen LogP contribution < -0.4 is 0 Å². The second kappa shape index (κ2) is 6.25. The summed E-state index contributed by atoms with van der Waals surface area (Å²) in [5, 5.41) is 8.79. The molecule has 1 fully saturated rings. The van der Waals surface area contributed by atoms with Gasteiger partial charge in [-0.2, -0.15) is 0 Å². The van der Waals surface area contributed by atoms with Crippen molar-refractivity contribution in [1.82, 2.24) is 14.8 Å². The van der Waals surface area contributed by atoms with Gasteiger partial charge in [0.2, 0.25) is 0 Å². The van der Waals surface area contributed by atoms with Crippen LogP contribution in [0.15, 0.2) is 0 Å². The first kappa shape index (κ1) is 14.8. The molecular weight excluding hydrogens is 258 g/mol. The lowest BCUT2D eigenvalue weighted by atomic mass is 9.90. The number of rotatable bonds is 2. The summed E-state index contributed by atoms with van der Waals surface area (Å²) >= 11 is 6.03. The molecule has 0 aromatic carbocycles. The number of hydrogen-bond acceptors (Lipinski definition) is 2. The van der Waals surface area contributed by atoms with E-state index < -0.39 is 0 Å². The summed E-state index contributed by atoms with van der Waals surface area (Å²) in [6.45, 7) is 6.62. The molecule has 108 valence electrons. The third-order valence-electron chi connectivity index (χ3n) is 4.02. The van der Waals surface area contributed by atoms with E-state index in [1.165, 1.54) is 44.9 Å². The molecule has 1 aliphatic carbocycles. The first-order valence-corrected chi connectivity index (χ1v) is 8.08. The summed E-state index contributed by atoms with van der Waals surface area (Å²) in [4.78, 5) is 0. The molecule has 0 spiro atoms. The fraction of sp³-hybridized carbons (Fsp3) is 0.867. The average molecular weight is 284 g/mol. The number of alkyl halides is 1. The van der Waals surface area contributed by atoms with Crippen LogP contribution in [-0.4, -0.2) is 14.8 Å². The van der Waals surface area contributed by atoms with Crippen molar-refractivity contribution in [2.45, 2.75) is 83.1 Å². The molecule has 0 radical (unpaired) electrons. The molecule has 0 atom stereocenters. The Hall–Kier alpha value is -0.570. The van der Waals surface area contributed by atoms with Crippen LogP contribution in [0.5, 0.6) is 0 Å². The van der Waals surface area contributed by atoms with Gasteiger partial charge in [-0.25, -0.2) is 0 Å². The molecule has 19 heavy (non-hydrogen) atoms. The van der Waals surface area contributed by atoms with Crippen LogP contribution in [-0.2, 0) is 11.4 Å². The number of nitrogens with zero attached hydrogens (tertiary/aromatic N) is 3. The Kier molecular flexibility index (Phi) is 4.88. The van der Waals surface area contributed by atoms with Crippen molar-refractivity contribution >= 4 is 11.6 Å². The average Bonchev–Trinajstić information content (AvgIpc) is 2.71. The van der Waals surface area contributed by atoms with Crippen molar-refractivity contribution in [2.75, 3.05) is 0 Å². The minimum atomic E-state index is 0.00538. The Balaban J connectivity index is 2.29. The zero-order chi connectivity index (χ0) is 13.9. The lowest BCUT2D eigenvalue weighted by molar-refractivity contribution is 0.345. The van der Waals surface area contributed by atoms with Crippen LogP contribution in [0.2, 0.25) is 0 Å². The van der Waals surface area contributed by atoms with Crippen LogP contribution in [0.1, 0.15) is 83.3 Å². The molecule has 1 aromatic heterocycles. The highest BCUT2D eigenvalue weighted by Gasteiger charge is 2.27. The molecule has 0 aliphatic heterocycles. The van der Waals surface area contributed by atoms with Crippen molar-refractivity contribution in [3.05, 3.63) is 11.6 Å². The van der Waals surface area contributed by atoms with Gasteiger partial charge >= 0.3 is 0 Å². The molecule has 2 rings (SSSR count). The fourth-order valence-corrected chi connectivity index (χ4v) is 3.30.